The lowest BCUT2D eigenvalue weighted by Crippen LogP contribution is -2.11. The molecule has 1 N–H and O–H groups in total. The Morgan fingerprint density at radius 2 is 1.90 bits per heavy atom. The number of hydrogen-bond acceptors (Lipinski definition) is 2. The fourth-order valence-electron chi connectivity index (χ4n) is 3.69. The van der Waals surface area contributed by atoms with Crippen LogP contribution >= 0.6 is 0 Å². The maximum Gasteiger partial charge on any atom is 0.416 e. The van der Waals surface area contributed by atoms with Crippen LogP contribution in [0.2, 0.25) is 0 Å². The number of allylic oxidation sites excluding steroid dienone is 1. The van der Waals surface area contributed by atoms with Gasteiger partial charge in [0.25, 0.3) is 0 Å². The molecule has 2 aromatic carbocycles. The third-order valence-electron chi connectivity index (χ3n) is 5.19. The monoisotopic (exact) mass is 422 g/mol. The van der Waals surface area contributed by atoms with Gasteiger partial charge in [0.1, 0.15) is 18.2 Å². The zero-order chi connectivity index (χ0) is 21.9. The van der Waals surface area contributed by atoms with Crippen molar-refractivity contribution in [2.24, 2.45) is 0 Å². The van der Waals surface area contributed by atoms with Crippen LogP contribution in [0.5, 0.6) is 5.75 Å². The van der Waals surface area contributed by atoms with E-state index in [4.69, 9.17) is 9.84 Å². The number of halogens is 4. The molecule has 0 heterocycles. The predicted octanol–water partition coefficient (Wildman–Crippen LogP) is 6.19. The maximum atomic E-state index is 14.4. The molecule has 2 aromatic rings. The standard InChI is InChI=1S/C23H22F4O3/c1-14-5-9-19(21(24)11-14)18-4-2-3-16(18)13-30-17-8-6-15(7-10-22(28)29)20(12-17)23(25,26)27/h5-6,8-9,11-12H,2-4,7,10,13H2,1H3,(H,28,29). The maximum absolute atomic E-state index is 14.4. The summed E-state index contributed by atoms with van der Waals surface area (Å²) in [5.74, 6) is -1.43. The summed E-state index contributed by atoms with van der Waals surface area (Å²) in [7, 11) is 0. The normalized spacial score (nSPS) is 14.3. The second kappa shape index (κ2) is 8.90. The Bertz CT molecular complexity index is 977. The van der Waals surface area contributed by atoms with E-state index in [9.17, 15) is 22.4 Å². The molecule has 0 bridgehead atoms. The van der Waals surface area contributed by atoms with E-state index in [0.717, 1.165) is 29.2 Å². The van der Waals surface area contributed by atoms with E-state index >= 15 is 0 Å². The zero-order valence-electron chi connectivity index (χ0n) is 16.5. The number of ether oxygens (including phenoxy) is 1. The molecule has 0 unspecified atom stereocenters. The third-order valence-corrected chi connectivity index (χ3v) is 5.19. The van der Waals surface area contributed by atoms with Crippen LogP contribution in [0.15, 0.2) is 42.0 Å². The van der Waals surface area contributed by atoms with Gasteiger partial charge in [0.05, 0.1) is 5.56 Å². The summed E-state index contributed by atoms with van der Waals surface area (Å²) >= 11 is 0. The third kappa shape index (κ3) is 5.20. The lowest BCUT2D eigenvalue weighted by atomic mass is 10.0. The number of alkyl halides is 3. The van der Waals surface area contributed by atoms with Gasteiger partial charge in [-0.1, -0.05) is 18.2 Å². The van der Waals surface area contributed by atoms with Crippen molar-refractivity contribution in [2.45, 2.75) is 45.2 Å². The van der Waals surface area contributed by atoms with E-state index in [2.05, 4.69) is 0 Å². The smallest absolute Gasteiger partial charge is 0.416 e. The van der Waals surface area contributed by atoms with Gasteiger partial charge >= 0.3 is 12.1 Å². The lowest BCUT2D eigenvalue weighted by molar-refractivity contribution is -0.140. The summed E-state index contributed by atoms with van der Waals surface area (Å²) < 4.78 is 60.2. The second-order valence-corrected chi connectivity index (χ2v) is 7.42. The highest BCUT2D eigenvalue weighted by atomic mass is 19.4. The molecule has 160 valence electrons. The summed E-state index contributed by atoms with van der Waals surface area (Å²) in [6.45, 7) is 1.88. The molecular weight excluding hydrogens is 400 g/mol. The molecule has 3 nitrogen and oxygen atoms in total. The fraction of sp³-hybridized carbons (Fsp3) is 0.348. The molecule has 0 spiro atoms. The van der Waals surface area contributed by atoms with Crippen molar-refractivity contribution in [3.05, 3.63) is 70.0 Å². The molecule has 1 aliphatic carbocycles. The van der Waals surface area contributed by atoms with Crippen LogP contribution in [0.4, 0.5) is 17.6 Å². The highest BCUT2D eigenvalue weighted by Crippen LogP contribution is 2.37. The molecule has 0 aromatic heterocycles. The highest BCUT2D eigenvalue weighted by molar-refractivity contribution is 5.71. The van der Waals surface area contributed by atoms with Crippen LogP contribution in [0.1, 0.15) is 47.9 Å². The Balaban J connectivity index is 1.81. The first-order valence-electron chi connectivity index (χ1n) is 9.67. The topological polar surface area (TPSA) is 46.5 Å². The van der Waals surface area contributed by atoms with Crippen LogP contribution in [0, 0.1) is 12.7 Å². The van der Waals surface area contributed by atoms with Crippen LogP contribution in [0.25, 0.3) is 5.57 Å². The van der Waals surface area contributed by atoms with E-state index < -0.39 is 17.7 Å². The zero-order valence-corrected chi connectivity index (χ0v) is 16.5. The Labute approximate surface area is 172 Å². The van der Waals surface area contributed by atoms with Gasteiger partial charge in [0.2, 0.25) is 0 Å². The number of hydrogen-bond donors (Lipinski definition) is 1. The highest BCUT2D eigenvalue weighted by Gasteiger charge is 2.34. The molecule has 0 saturated heterocycles. The van der Waals surface area contributed by atoms with Crippen LogP contribution < -0.4 is 4.74 Å². The quantitative estimate of drug-likeness (QED) is 0.542. The van der Waals surface area contributed by atoms with Gasteiger partial charge in [0.15, 0.2) is 0 Å². The molecule has 3 rings (SSSR count). The first-order chi connectivity index (χ1) is 14.1. The van der Waals surface area contributed by atoms with Crippen molar-refractivity contribution < 1.29 is 32.2 Å². The number of aryl methyl sites for hydroxylation is 2. The van der Waals surface area contributed by atoms with E-state index in [1.807, 2.05) is 6.07 Å². The van der Waals surface area contributed by atoms with Gasteiger partial charge in [-0.05, 0) is 73.1 Å². The first-order valence-corrected chi connectivity index (χ1v) is 9.67. The molecule has 0 fully saturated rings. The average Bonchev–Trinajstić information content (AvgIpc) is 3.12. The molecule has 0 saturated carbocycles. The van der Waals surface area contributed by atoms with Gasteiger partial charge in [-0.2, -0.15) is 13.2 Å². The van der Waals surface area contributed by atoms with Crippen molar-refractivity contribution in [3.63, 3.8) is 0 Å². The van der Waals surface area contributed by atoms with Crippen LogP contribution in [-0.4, -0.2) is 17.7 Å². The van der Waals surface area contributed by atoms with Crippen LogP contribution in [0.3, 0.4) is 0 Å². The fourth-order valence-corrected chi connectivity index (χ4v) is 3.69. The summed E-state index contributed by atoms with van der Waals surface area (Å²) in [4.78, 5) is 10.7. The molecule has 0 radical (unpaired) electrons. The Kier molecular flexibility index (Phi) is 6.48. The minimum absolute atomic E-state index is 0.0459. The SMILES string of the molecule is Cc1ccc(C2=C(COc3ccc(CCC(=O)O)c(C(F)(F)F)c3)CCC2)c(F)c1. The van der Waals surface area contributed by atoms with E-state index in [1.54, 1.807) is 13.0 Å². The minimum atomic E-state index is -4.62. The largest absolute Gasteiger partial charge is 0.489 e. The van der Waals surface area contributed by atoms with Crippen molar-refractivity contribution >= 4 is 11.5 Å². The molecule has 30 heavy (non-hydrogen) atoms. The van der Waals surface area contributed by atoms with Crippen molar-refractivity contribution in [1.29, 1.82) is 0 Å². The summed E-state index contributed by atoms with van der Waals surface area (Å²) in [5.41, 5.74) is 2.07. The van der Waals surface area contributed by atoms with Gasteiger partial charge in [-0.15, -0.1) is 0 Å². The Morgan fingerprint density at radius 1 is 1.13 bits per heavy atom. The average molecular weight is 422 g/mol. The number of carboxylic acids is 1. The first kappa shape index (κ1) is 21.9. The number of aliphatic carboxylic acids is 1. The van der Waals surface area contributed by atoms with Gasteiger partial charge in [0, 0.05) is 12.0 Å². The van der Waals surface area contributed by atoms with Gasteiger partial charge < -0.3 is 9.84 Å². The Hall–Kier alpha value is -2.83. The number of carbonyl (C=O) groups is 1. The van der Waals surface area contributed by atoms with Crippen LogP contribution in [-0.2, 0) is 17.4 Å². The lowest BCUT2D eigenvalue weighted by Gasteiger charge is -2.16. The molecule has 1 aliphatic rings. The second-order valence-electron chi connectivity index (χ2n) is 7.42. The summed E-state index contributed by atoms with van der Waals surface area (Å²) in [6.07, 6.45) is -2.99. The molecule has 0 atom stereocenters. The van der Waals surface area contributed by atoms with E-state index in [-0.39, 0.29) is 36.6 Å². The minimum Gasteiger partial charge on any atom is -0.489 e. The van der Waals surface area contributed by atoms with Crippen molar-refractivity contribution in [2.75, 3.05) is 6.61 Å². The summed E-state index contributed by atoms with van der Waals surface area (Å²) in [5, 5.41) is 8.74. The number of benzene rings is 2. The van der Waals surface area contributed by atoms with Gasteiger partial charge in [-0.25, -0.2) is 4.39 Å². The van der Waals surface area contributed by atoms with E-state index in [0.29, 0.717) is 18.4 Å². The Morgan fingerprint density at radius 3 is 2.57 bits per heavy atom. The number of rotatable bonds is 7. The molecule has 7 heteroatoms. The van der Waals surface area contributed by atoms with Crippen molar-refractivity contribution in [1.82, 2.24) is 0 Å². The summed E-state index contributed by atoms with van der Waals surface area (Å²) in [6, 6.07) is 8.58. The number of carboxylic acid groups (broad SMARTS) is 1. The van der Waals surface area contributed by atoms with E-state index in [1.165, 1.54) is 18.2 Å². The van der Waals surface area contributed by atoms with Gasteiger partial charge in [-0.3, -0.25) is 4.79 Å². The molecule has 0 aliphatic heterocycles. The van der Waals surface area contributed by atoms with Crippen molar-refractivity contribution in [3.8, 4) is 5.75 Å². The predicted molar refractivity (Wildman–Crippen MR) is 105 cm³/mol. The molecular formula is C23H22F4O3. The molecule has 0 amide bonds.